The second-order valence-electron chi connectivity index (χ2n) is 6.21. The van der Waals surface area contributed by atoms with Gasteiger partial charge in [-0.15, -0.1) is 0 Å². The molecule has 3 nitrogen and oxygen atoms in total. The van der Waals surface area contributed by atoms with Gasteiger partial charge in [-0.2, -0.15) is 0 Å². The topological polar surface area (TPSA) is 11.4 Å². The van der Waals surface area contributed by atoms with Crippen molar-refractivity contribution >= 4 is 11.5 Å². The number of aryl methyl sites for hydroxylation is 1. The van der Waals surface area contributed by atoms with Crippen LogP contribution in [0.3, 0.4) is 0 Å². The zero-order chi connectivity index (χ0) is 13.9. The second kappa shape index (κ2) is 3.81. The van der Waals surface area contributed by atoms with Crippen LogP contribution in [0.15, 0.2) is 42.6 Å². The van der Waals surface area contributed by atoms with Crippen LogP contribution in [-0.2, 0) is 12.6 Å². The largest absolute Gasteiger partial charge is 0.351 e. The molecule has 5 rings (SSSR count). The van der Waals surface area contributed by atoms with Gasteiger partial charge in [-0.25, -0.2) is 0 Å². The summed E-state index contributed by atoms with van der Waals surface area (Å²) >= 11 is 0. The summed E-state index contributed by atoms with van der Waals surface area (Å²) in [5.74, 6) is 1.30. The van der Waals surface area contributed by atoms with E-state index >= 15 is 0 Å². The normalized spacial score (nSPS) is 27.9. The number of hydrogen-bond donors (Lipinski definition) is 0. The number of fused-ring (bicyclic) bond motifs is 2. The molecule has 2 aromatic rings. The third kappa shape index (κ3) is 1.30. The van der Waals surface area contributed by atoms with Gasteiger partial charge < -0.3 is 14.4 Å². The Kier molecular flexibility index (Phi) is 2.27. The predicted octanol–water partition coefficient (Wildman–Crippen LogP) is 3.32. The van der Waals surface area contributed by atoms with Crippen molar-refractivity contribution < 1.29 is 0 Å². The fraction of sp³-hybridized carbons (Fsp3) is 0.412. The molecule has 0 spiro atoms. The average Bonchev–Trinajstić information content (AvgIpc) is 2.85. The summed E-state index contributed by atoms with van der Waals surface area (Å²) in [5.41, 5.74) is 2.97. The highest BCUT2D eigenvalue weighted by Crippen LogP contribution is 2.50. The smallest absolute Gasteiger partial charge is 0.110 e. The monoisotopic (exact) mass is 267 g/mol. The SMILES string of the molecule is CC1N2CCC(C)(c3ccccc32)N1c1cccn1C. The highest BCUT2D eigenvalue weighted by atomic mass is 15.5. The molecule has 0 saturated carbocycles. The Balaban J connectivity index is 1.94. The summed E-state index contributed by atoms with van der Waals surface area (Å²) < 4.78 is 2.23. The molecule has 1 aromatic carbocycles. The van der Waals surface area contributed by atoms with Crippen LogP contribution < -0.4 is 9.80 Å². The molecule has 0 aliphatic carbocycles. The third-order valence-electron chi connectivity index (χ3n) is 5.15. The third-order valence-corrected chi connectivity index (χ3v) is 5.15. The van der Waals surface area contributed by atoms with Crippen molar-refractivity contribution in [3.05, 3.63) is 48.2 Å². The lowest BCUT2D eigenvalue weighted by atomic mass is 9.78. The van der Waals surface area contributed by atoms with Crippen LogP contribution in [0.4, 0.5) is 11.5 Å². The van der Waals surface area contributed by atoms with Crippen molar-refractivity contribution in [2.75, 3.05) is 16.3 Å². The molecule has 0 amide bonds. The van der Waals surface area contributed by atoms with E-state index in [1.165, 1.54) is 23.5 Å². The molecule has 104 valence electrons. The van der Waals surface area contributed by atoms with E-state index in [1.54, 1.807) is 0 Å². The molecule has 2 atom stereocenters. The van der Waals surface area contributed by atoms with Crippen molar-refractivity contribution in [2.24, 2.45) is 7.05 Å². The van der Waals surface area contributed by atoms with Crippen LogP contribution in [0, 0.1) is 0 Å². The fourth-order valence-electron chi connectivity index (χ4n) is 4.11. The Morgan fingerprint density at radius 2 is 1.95 bits per heavy atom. The maximum atomic E-state index is 2.58. The molecular weight excluding hydrogens is 246 g/mol. The van der Waals surface area contributed by atoms with Gasteiger partial charge in [0, 0.05) is 31.0 Å². The minimum atomic E-state index is 0.0941. The number of benzene rings is 1. The molecule has 3 heteroatoms. The molecule has 3 aliphatic rings. The summed E-state index contributed by atoms with van der Waals surface area (Å²) in [7, 11) is 2.13. The first-order valence-corrected chi connectivity index (χ1v) is 7.40. The van der Waals surface area contributed by atoms with Gasteiger partial charge >= 0.3 is 0 Å². The second-order valence-corrected chi connectivity index (χ2v) is 6.21. The van der Waals surface area contributed by atoms with Crippen molar-refractivity contribution in [3.63, 3.8) is 0 Å². The molecule has 1 saturated heterocycles. The van der Waals surface area contributed by atoms with E-state index < -0.39 is 0 Å². The molecule has 3 aliphatic heterocycles. The van der Waals surface area contributed by atoms with Gasteiger partial charge in [0.15, 0.2) is 0 Å². The number of hydrogen-bond acceptors (Lipinski definition) is 2. The van der Waals surface area contributed by atoms with Crippen LogP contribution in [0.25, 0.3) is 0 Å². The Hall–Kier alpha value is -1.90. The van der Waals surface area contributed by atoms with Gasteiger partial charge in [0.2, 0.25) is 0 Å². The van der Waals surface area contributed by atoms with E-state index in [0.29, 0.717) is 6.17 Å². The van der Waals surface area contributed by atoms with E-state index in [-0.39, 0.29) is 5.54 Å². The molecule has 2 bridgehead atoms. The first-order chi connectivity index (χ1) is 9.63. The van der Waals surface area contributed by atoms with Crippen LogP contribution >= 0.6 is 0 Å². The van der Waals surface area contributed by atoms with Gasteiger partial charge in [-0.1, -0.05) is 18.2 Å². The Bertz CT molecular complexity index is 660. The van der Waals surface area contributed by atoms with Crippen molar-refractivity contribution in [1.82, 2.24) is 4.57 Å². The lowest BCUT2D eigenvalue weighted by molar-refractivity contribution is 0.290. The molecule has 2 unspecified atom stereocenters. The Labute approximate surface area is 120 Å². The summed E-state index contributed by atoms with van der Waals surface area (Å²) in [6.45, 7) is 5.86. The van der Waals surface area contributed by atoms with Crippen molar-refractivity contribution in [2.45, 2.75) is 32.0 Å². The summed E-state index contributed by atoms with van der Waals surface area (Å²) in [5, 5.41) is 0. The van der Waals surface area contributed by atoms with Gasteiger partial charge in [0.25, 0.3) is 0 Å². The van der Waals surface area contributed by atoms with Gasteiger partial charge in [-0.05, 0) is 38.5 Å². The lowest BCUT2D eigenvalue weighted by Crippen LogP contribution is -2.66. The van der Waals surface area contributed by atoms with E-state index in [2.05, 4.69) is 77.9 Å². The molecular formula is C17H21N3. The number of para-hydroxylation sites is 1. The van der Waals surface area contributed by atoms with E-state index in [0.717, 1.165) is 6.54 Å². The van der Waals surface area contributed by atoms with Gasteiger partial charge in [-0.3, -0.25) is 0 Å². The molecule has 1 aromatic heterocycles. The minimum absolute atomic E-state index is 0.0941. The molecule has 0 N–H and O–H groups in total. The summed E-state index contributed by atoms with van der Waals surface area (Å²) in [6.07, 6.45) is 3.71. The average molecular weight is 267 g/mol. The zero-order valence-corrected chi connectivity index (χ0v) is 12.4. The zero-order valence-electron chi connectivity index (χ0n) is 12.4. The Morgan fingerprint density at radius 3 is 2.70 bits per heavy atom. The maximum Gasteiger partial charge on any atom is 0.110 e. The van der Waals surface area contributed by atoms with Crippen molar-refractivity contribution in [3.8, 4) is 0 Å². The molecule has 4 heterocycles. The van der Waals surface area contributed by atoms with Crippen LogP contribution in [0.5, 0.6) is 0 Å². The molecule has 1 fully saturated rings. The maximum absolute atomic E-state index is 2.58. The first-order valence-electron chi connectivity index (χ1n) is 7.40. The van der Waals surface area contributed by atoms with E-state index in [4.69, 9.17) is 0 Å². The van der Waals surface area contributed by atoms with E-state index in [9.17, 15) is 0 Å². The molecule has 0 radical (unpaired) electrons. The summed E-state index contributed by atoms with van der Waals surface area (Å²) in [6, 6.07) is 13.2. The first kappa shape index (κ1) is 11.9. The number of rotatable bonds is 1. The van der Waals surface area contributed by atoms with Gasteiger partial charge in [0.1, 0.15) is 12.0 Å². The highest BCUT2D eigenvalue weighted by Gasteiger charge is 2.49. The fourth-order valence-corrected chi connectivity index (χ4v) is 4.11. The summed E-state index contributed by atoms with van der Waals surface area (Å²) in [4.78, 5) is 5.12. The van der Waals surface area contributed by atoms with Gasteiger partial charge in [0.05, 0.1) is 5.54 Å². The van der Waals surface area contributed by atoms with Crippen LogP contribution in [-0.4, -0.2) is 17.3 Å². The highest BCUT2D eigenvalue weighted by molar-refractivity contribution is 5.68. The Morgan fingerprint density at radius 1 is 1.15 bits per heavy atom. The predicted molar refractivity (Wildman–Crippen MR) is 83.1 cm³/mol. The standard InChI is InChI=1S/C17H21N3/c1-13-19-12-10-17(2,14-7-4-5-8-15(14)19)20(13)16-9-6-11-18(16)3/h4-9,11,13H,10,12H2,1-3H3. The quantitative estimate of drug-likeness (QED) is 0.785. The van der Waals surface area contributed by atoms with Crippen LogP contribution in [0.2, 0.25) is 0 Å². The van der Waals surface area contributed by atoms with E-state index in [1.807, 2.05) is 0 Å². The number of nitrogens with zero attached hydrogens (tertiary/aromatic N) is 3. The lowest BCUT2D eigenvalue weighted by Gasteiger charge is -2.60. The van der Waals surface area contributed by atoms with Crippen LogP contribution in [0.1, 0.15) is 25.8 Å². The number of anilines is 2. The number of aromatic nitrogens is 1. The minimum Gasteiger partial charge on any atom is -0.351 e. The molecule has 20 heavy (non-hydrogen) atoms. The van der Waals surface area contributed by atoms with Crippen molar-refractivity contribution in [1.29, 1.82) is 0 Å².